The van der Waals surface area contributed by atoms with Crippen LogP contribution in [-0.4, -0.2) is 10.1 Å². The summed E-state index contributed by atoms with van der Waals surface area (Å²) in [7, 11) is 0. The van der Waals surface area contributed by atoms with Crippen molar-refractivity contribution in [2.75, 3.05) is 5.73 Å². The minimum absolute atomic E-state index is 0.0644. The lowest BCUT2D eigenvalue weighted by Crippen LogP contribution is -2.13. The minimum atomic E-state index is -1.56. The number of aromatic nitrogens is 2. The molecule has 3 aromatic rings. The van der Waals surface area contributed by atoms with Gasteiger partial charge in [-0.2, -0.15) is 4.98 Å². The molecule has 4 nitrogen and oxygen atoms in total. The van der Waals surface area contributed by atoms with Gasteiger partial charge in [-0.25, -0.2) is 13.2 Å². The van der Waals surface area contributed by atoms with Gasteiger partial charge in [0, 0.05) is 26.9 Å². The highest BCUT2D eigenvalue weighted by molar-refractivity contribution is 6.36. The fourth-order valence-corrected chi connectivity index (χ4v) is 3.84. The summed E-state index contributed by atoms with van der Waals surface area (Å²) in [5.41, 5.74) is 6.06. The molecule has 26 heavy (non-hydrogen) atoms. The van der Waals surface area contributed by atoms with Crippen molar-refractivity contribution in [2.24, 2.45) is 0 Å². The average Bonchev–Trinajstić information content (AvgIpc) is 3.18. The number of hydrogen-bond acceptors (Lipinski definition) is 4. The van der Waals surface area contributed by atoms with Crippen LogP contribution in [0.4, 0.5) is 18.9 Å². The highest BCUT2D eigenvalue weighted by Gasteiger charge is 2.52. The van der Waals surface area contributed by atoms with Crippen LogP contribution in [0.15, 0.2) is 28.8 Å². The largest absolute Gasteiger partial charge is 0.399 e. The van der Waals surface area contributed by atoms with Crippen molar-refractivity contribution < 1.29 is 17.7 Å². The van der Waals surface area contributed by atoms with E-state index < -0.39 is 22.9 Å². The Morgan fingerprint density at radius 1 is 1.00 bits per heavy atom. The van der Waals surface area contributed by atoms with Crippen LogP contribution >= 0.6 is 23.2 Å². The molecule has 0 radical (unpaired) electrons. The van der Waals surface area contributed by atoms with Gasteiger partial charge in [-0.3, -0.25) is 0 Å². The Bertz CT molecular complexity index is 988. The number of benzene rings is 2. The quantitative estimate of drug-likeness (QED) is 0.490. The molecule has 1 fully saturated rings. The summed E-state index contributed by atoms with van der Waals surface area (Å²) in [5.74, 6) is -4.10. The van der Waals surface area contributed by atoms with E-state index in [0.717, 1.165) is 12.1 Å². The van der Waals surface area contributed by atoms with Gasteiger partial charge in [0.1, 0.15) is 0 Å². The summed E-state index contributed by atoms with van der Waals surface area (Å²) in [6.07, 6.45) is 1.34. The number of halogens is 5. The molecule has 0 unspecified atom stereocenters. The molecule has 134 valence electrons. The first-order valence-electron chi connectivity index (χ1n) is 7.56. The van der Waals surface area contributed by atoms with E-state index in [1.54, 1.807) is 12.1 Å². The van der Waals surface area contributed by atoms with E-state index in [-0.39, 0.29) is 17.3 Å². The topological polar surface area (TPSA) is 64.9 Å². The predicted molar refractivity (Wildman–Crippen MR) is 90.5 cm³/mol. The predicted octanol–water partition coefficient (Wildman–Crippen LogP) is 5.12. The molecule has 0 spiro atoms. The van der Waals surface area contributed by atoms with Gasteiger partial charge < -0.3 is 10.3 Å². The van der Waals surface area contributed by atoms with Crippen molar-refractivity contribution in [1.29, 1.82) is 0 Å². The van der Waals surface area contributed by atoms with Crippen LogP contribution in [0.2, 0.25) is 10.0 Å². The first-order valence-corrected chi connectivity index (χ1v) is 8.31. The molecule has 1 aliphatic carbocycles. The van der Waals surface area contributed by atoms with Crippen molar-refractivity contribution in [3.05, 3.63) is 63.2 Å². The third kappa shape index (κ3) is 2.62. The lowest BCUT2D eigenvalue weighted by molar-refractivity contribution is 0.415. The number of nitrogens with zero attached hydrogens (tertiary/aromatic N) is 2. The van der Waals surface area contributed by atoms with E-state index in [2.05, 4.69) is 10.1 Å². The smallest absolute Gasteiger partial charge is 0.258 e. The number of rotatable bonds is 3. The van der Waals surface area contributed by atoms with Crippen LogP contribution in [0.3, 0.4) is 0 Å². The average molecular weight is 400 g/mol. The molecule has 0 atom stereocenters. The molecule has 4 rings (SSSR count). The van der Waals surface area contributed by atoms with Gasteiger partial charge in [-0.1, -0.05) is 28.4 Å². The zero-order chi connectivity index (χ0) is 18.6. The molecule has 0 bridgehead atoms. The molecule has 0 saturated heterocycles. The van der Waals surface area contributed by atoms with Crippen LogP contribution < -0.4 is 5.73 Å². The summed E-state index contributed by atoms with van der Waals surface area (Å²) < 4.78 is 45.1. The van der Waals surface area contributed by atoms with E-state index >= 15 is 0 Å². The minimum Gasteiger partial charge on any atom is -0.399 e. The maximum Gasteiger partial charge on any atom is 0.258 e. The van der Waals surface area contributed by atoms with E-state index in [9.17, 15) is 13.2 Å². The number of anilines is 1. The summed E-state index contributed by atoms with van der Waals surface area (Å²) >= 11 is 12.6. The molecule has 2 N–H and O–H groups in total. The molecule has 0 aliphatic heterocycles. The maximum absolute atomic E-state index is 13.4. The lowest BCUT2D eigenvalue weighted by atomic mass is 9.94. The van der Waals surface area contributed by atoms with Gasteiger partial charge >= 0.3 is 0 Å². The van der Waals surface area contributed by atoms with E-state index in [4.69, 9.17) is 33.5 Å². The fraction of sp³-hybridized carbons (Fsp3) is 0.176. The second-order valence-corrected chi connectivity index (χ2v) is 6.93. The van der Waals surface area contributed by atoms with Crippen LogP contribution in [0, 0.1) is 17.5 Å². The second-order valence-electron chi connectivity index (χ2n) is 6.12. The van der Waals surface area contributed by atoms with Gasteiger partial charge in [0.15, 0.2) is 23.3 Å². The van der Waals surface area contributed by atoms with Crippen molar-refractivity contribution in [1.82, 2.24) is 10.1 Å². The monoisotopic (exact) mass is 399 g/mol. The Kier molecular flexibility index (Phi) is 3.89. The summed E-state index contributed by atoms with van der Waals surface area (Å²) in [6, 6.07) is 4.74. The number of nitrogen functional groups attached to an aromatic ring is 1. The van der Waals surface area contributed by atoms with Crippen LogP contribution in [0.1, 0.15) is 24.2 Å². The van der Waals surface area contributed by atoms with Crippen molar-refractivity contribution in [2.45, 2.75) is 18.3 Å². The zero-order valence-corrected chi connectivity index (χ0v) is 14.5. The normalized spacial score (nSPS) is 15.3. The molecular formula is C17H10Cl2F3N3O. The summed E-state index contributed by atoms with van der Waals surface area (Å²) in [4.78, 5) is 4.23. The Morgan fingerprint density at radius 3 is 2.12 bits per heavy atom. The Labute approximate surface area is 155 Å². The standard InChI is InChI=1S/C17H10Cl2F3N3O/c18-9-5-8(23)6-10(19)13(9)17(1-2-17)16-24-15(26-25-16)7-3-11(20)14(22)12(21)4-7/h3-6H,1-2,23H2. The molecule has 1 aliphatic rings. The summed E-state index contributed by atoms with van der Waals surface area (Å²) in [6.45, 7) is 0. The first kappa shape index (κ1) is 17.2. The SMILES string of the molecule is Nc1cc(Cl)c(C2(c3noc(-c4cc(F)c(F)c(F)c4)n3)CC2)c(Cl)c1. The van der Waals surface area contributed by atoms with Crippen molar-refractivity contribution in [3.8, 4) is 11.5 Å². The molecular weight excluding hydrogens is 390 g/mol. The molecule has 1 heterocycles. The van der Waals surface area contributed by atoms with Gasteiger partial charge in [0.25, 0.3) is 5.89 Å². The Balaban J connectivity index is 1.78. The highest BCUT2D eigenvalue weighted by atomic mass is 35.5. The van der Waals surface area contributed by atoms with E-state index in [0.29, 0.717) is 34.1 Å². The Hall–Kier alpha value is -2.25. The van der Waals surface area contributed by atoms with E-state index in [1.807, 2.05) is 0 Å². The second kappa shape index (κ2) is 5.89. The van der Waals surface area contributed by atoms with Crippen molar-refractivity contribution >= 4 is 28.9 Å². The van der Waals surface area contributed by atoms with Gasteiger partial charge in [-0.05, 0) is 37.1 Å². The van der Waals surface area contributed by atoms with Crippen molar-refractivity contribution in [3.63, 3.8) is 0 Å². The van der Waals surface area contributed by atoms with Crippen LogP contribution in [0.25, 0.3) is 11.5 Å². The number of nitrogens with two attached hydrogens (primary N) is 1. The molecule has 2 aromatic carbocycles. The van der Waals surface area contributed by atoms with Gasteiger partial charge in [0.2, 0.25) is 0 Å². The third-order valence-corrected chi connectivity index (χ3v) is 4.97. The lowest BCUT2D eigenvalue weighted by Gasteiger charge is -2.15. The molecule has 0 amide bonds. The summed E-state index contributed by atoms with van der Waals surface area (Å²) in [5, 5.41) is 4.66. The molecule has 1 aromatic heterocycles. The Morgan fingerprint density at radius 2 is 1.58 bits per heavy atom. The van der Waals surface area contributed by atoms with Crippen LogP contribution in [-0.2, 0) is 5.41 Å². The van der Waals surface area contributed by atoms with Gasteiger partial charge in [0.05, 0.1) is 5.41 Å². The molecule has 1 saturated carbocycles. The molecule has 9 heteroatoms. The number of hydrogen-bond donors (Lipinski definition) is 1. The zero-order valence-electron chi connectivity index (χ0n) is 13.0. The fourth-order valence-electron chi connectivity index (χ4n) is 2.97. The maximum atomic E-state index is 13.4. The highest BCUT2D eigenvalue weighted by Crippen LogP contribution is 2.56. The van der Waals surface area contributed by atoms with Gasteiger partial charge in [-0.15, -0.1) is 0 Å². The van der Waals surface area contributed by atoms with E-state index in [1.165, 1.54) is 0 Å². The third-order valence-electron chi connectivity index (χ3n) is 4.38. The first-order chi connectivity index (χ1) is 12.3. The van der Waals surface area contributed by atoms with Crippen LogP contribution in [0.5, 0.6) is 0 Å².